The first kappa shape index (κ1) is 21.4. The summed E-state index contributed by atoms with van der Waals surface area (Å²) in [6, 6.07) is 13.8. The number of rotatable bonds is 3. The summed E-state index contributed by atoms with van der Waals surface area (Å²) in [6.07, 6.45) is 1.01. The van der Waals surface area contributed by atoms with Crippen molar-refractivity contribution in [3.8, 4) is 0 Å². The molecule has 1 amide bonds. The first-order valence-corrected chi connectivity index (χ1v) is 11.8. The zero-order valence-corrected chi connectivity index (χ0v) is 19.6. The van der Waals surface area contributed by atoms with Crippen LogP contribution in [-0.2, 0) is 6.42 Å². The van der Waals surface area contributed by atoms with Gasteiger partial charge in [0.25, 0.3) is 5.91 Å². The molecule has 1 aromatic heterocycles. The molecular weight excluding hydrogens is 457 g/mol. The van der Waals surface area contributed by atoms with Gasteiger partial charge in [-0.25, -0.2) is 0 Å². The molecule has 2 heterocycles. The third kappa shape index (κ3) is 4.42. The molecule has 2 aromatic carbocycles. The van der Waals surface area contributed by atoms with Gasteiger partial charge in [-0.15, -0.1) is 11.3 Å². The van der Waals surface area contributed by atoms with E-state index in [4.69, 9.17) is 35.4 Å². The number of benzene rings is 2. The van der Waals surface area contributed by atoms with E-state index in [2.05, 4.69) is 29.3 Å². The van der Waals surface area contributed by atoms with E-state index in [1.165, 1.54) is 16.9 Å². The van der Waals surface area contributed by atoms with Crippen molar-refractivity contribution in [2.75, 3.05) is 31.5 Å². The largest absolute Gasteiger partial charge is 0.345 e. The second kappa shape index (κ2) is 9.10. The number of nitrogens with zero attached hydrogens (tertiary/aromatic N) is 2. The Kier molecular flexibility index (Phi) is 6.48. The molecular formula is C22H21Cl2N3OS2. The minimum atomic E-state index is -0.0361. The van der Waals surface area contributed by atoms with Gasteiger partial charge in [0, 0.05) is 47.0 Å². The number of anilines is 1. The molecule has 4 nitrogen and oxygen atoms in total. The van der Waals surface area contributed by atoms with Gasteiger partial charge in [-0.3, -0.25) is 4.79 Å². The molecule has 0 aliphatic carbocycles. The number of nitrogens with one attached hydrogen (secondary N) is 1. The van der Waals surface area contributed by atoms with Crippen LogP contribution in [-0.4, -0.2) is 47.0 Å². The summed E-state index contributed by atoms with van der Waals surface area (Å²) < 4.78 is 0.925. The minimum absolute atomic E-state index is 0.0361. The van der Waals surface area contributed by atoms with Gasteiger partial charge in [-0.1, -0.05) is 48.3 Å². The normalized spacial score (nSPS) is 14.2. The van der Waals surface area contributed by atoms with E-state index in [-0.39, 0.29) is 5.91 Å². The summed E-state index contributed by atoms with van der Waals surface area (Å²) in [4.78, 5) is 17.6. The number of piperazine rings is 1. The molecule has 0 atom stereocenters. The van der Waals surface area contributed by atoms with Crippen LogP contribution in [0.25, 0.3) is 10.1 Å². The Hall–Kier alpha value is -1.86. The topological polar surface area (TPSA) is 35.6 Å². The molecule has 4 rings (SSSR count). The molecule has 0 spiro atoms. The lowest BCUT2D eigenvalue weighted by Crippen LogP contribution is -2.51. The number of fused-ring (bicyclic) bond motifs is 1. The first-order valence-electron chi connectivity index (χ1n) is 9.78. The summed E-state index contributed by atoms with van der Waals surface area (Å²) in [5.41, 5.74) is 2.27. The average Bonchev–Trinajstić information content (AvgIpc) is 3.09. The van der Waals surface area contributed by atoms with Gasteiger partial charge in [0.1, 0.15) is 4.88 Å². The highest BCUT2D eigenvalue weighted by Crippen LogP contribution is 2.37. The molecule has 30 heavy (non-hydrogen) atoms. The van der Waals surface area contributed by atoms with Crippen molar-refractivity contribution < 1.29 is 4.79 Å². The van der Waals surface area contributed by atoms with Crippen molar-refractivity contribution >= 4 is 73.5 Å². The Morgan fingerprint density at radius 3 is 2.40 bits per heavy atom. The molecule has 1 aliphatic heterocycles. The molecule has 1 fully saturated rings. The Bertz CT molecular complexity index is 1090. The fraction of sp³-hybridized carbons (Fsp3) is 0.273. The van der Waals surface area contributed by atoms with Gasteiger partial charge in [-0.2, -0.15) is 0 Å². The van der Waals surface area contributed by atoms with Gasteiger partial charge in [-0.05, 0) is 48.5 Å². The molecule has 0 radical (unpaired) electrons. The van der Waals surface area contributed by atoms with Crippen LogP contribution in [0, 0.1) is 0 Å². The SMILES string of the molecule is CCc1ccc(NC(=S)N2CCN(C(=O)c3sc4cc(Cl)ccc4c3Cl)CC2)cc1. The monoisotopic (exact) mass is 477 g/mol. The molecule has 1 aliphatic rings. The highest BCUT2D eigenvalue weighted by molar-refractivity contribution is 7.80. The van der Waals surface area contributed by atoms with Gasteiger partial charge < -0.3 is 15.1 Å². The molecule has 0 bridgehead atoms. The predicted octanol–water partition coefficient (Wildman–Crippen LogP) is 5.93. The fourth-order valence-electron chi connectivity index (χ4n) is 3.46. The van der Waals surface area contributed by atoms with Crippen LogP contribution in [0.5, 0.6) is 0 Å². The van der Waals surface area contributed by atoms with Crippen molar-refractivity contribution in [2.24, 2.45) is 0 Å². The van der Waals surface area contributed by atoms with Crippen molar-refractivity contribution in [3.63, 3.8) is 0 Å². The van der Waals surface area contributed by atoms with Gasteiger partial charge in [0.2, 0.25) is 0 Å². The van der Waals surface area contributed by atoms with Gasteiger partial charge in [0.15, 0.2) is 5.11 Å². The maximum absolute atomic E-state index is 13.1. The van der Waals surface area contributed by atoms with Crippen molar-refractivity contribution in [3.05, 3.63) is 63.0 Å². The number of carbonyl (C=O) groups is 1. The summed E-state index contributed by atoms with van der Waals surface area (Å²) in [6.45, 7) is 4.69. The van der Waals surface area contributed by atoms with Crippen molar-refractivity contribution in [1.82, 2.24) is 9.80 Å². The molecule has 8 heteroatoms. The Morgan fingerprint density at radius 1 is 1.07 bits per heavy atom. The van der Waals surface area contributed by atoms with Crippen LogP contribution in [0.4, 0.5) is 5.69 Å². The Labute approximate surface area is 195 Å². The number of thiocarbonyl (C=S) groups is 1. The number of halogens is 2. The maximum Gasteiger partial charge on any atom is 0.265 e. The van der Waals surface area contributed by atoms with Crippen LogP contribution >= 0.6 is 46.8 Å². The molecule has 156 valence electrons. The summed E-state index contributed by atoms with van der Waals surface area (Å²) in [7, 11) is 0. The molecule has 1 saturated heterocycles. The third-order valence-electron chi connectivity index (χ3n) is 5.25. The van der Waals surface area contributed by atoms with Crippen molar-refractivity contribution in [2.45, 2.75) is 13.3 Å². The van der Waals surface area contributed by atoms with Gasteiger partial charge >= 0.3 is 0 Å². The number of aryl methyl sites for hydroxylation is 1. The zero-order chi connectivity index (χ0) is 21.3. The smallest absolute Gasteiger partial charge is 0.265 e. The maximum atomic E-state index is 13.1. The molecule has 0 unspecified atom stereocenters. The molecule has 3 aromatic rings. The molecule has 1 N–H and O–H groups in total. The van der Waals surface area contributed by atoms with Crippen LogP contribution in [0.15, 0.2) is 42.5 Å². The van der Waals surface area contributed by atoms with E-state index < -0.39 is 0 Å². The highest BCUT2D eigenvalue weighted by atomic mass is 35.5. The average molecular weight is 478 g/mol. The number of hydrogen-bond donors (Lipinski definition) is 1. The number of hydrogen-bond acceptors (Lipinski definition) is 3. The zero-order valence-electron chi connectivity index (χ0n) is 16.5. The van der Waals surface area contributed by atoms with E-state index in [9.17, 15) is 4.79 Å². The third-order valence-corrected chi connectivity index (χ3v) is 7.49. The lowest BCUT2D eigenvalue weighted by molar-refractivity contribution is 0.0698. The van der Waals surface area contributed by atoms with E-state index in [1.807, 2.05) is 29.2 Å². The van der Waals surface area contributed by atoms with E-state index in [0.29, 0.717) is 46.2 Å². The van der Waals surface area contributed by atoms with E-state index in [0.717, 1.165) is 22.2 Å². The Balaban J connectivity index is 1.38. The number of carbonyl (C=O) groups excluding carboxylic acids is 1. The van der Waals surface area contributed by atoms with Crippen LogP contribution in [0.1, 0.15) is 22.2 Å². The standard InChI is InChI=1S/C22H21Cl2N3OS2/c1-2-14-3-6-16(7-4-14)25-22(29)27-11-9-26(10-12-27)21(28)20-19(24)17-8-5-15(23)13-18(17)30-20/h3-8,13H,2,9-12H2,1H3,(H,25,29). The van der Waals surface area contributed by atoms with Crippen LogP contribution in [0.3, 0.4) is 0 Å². The van der Waals surface area contributed by atoms with E-state index in [1.54, 1.807) is 6.07 Å². The second-order valence-electron chi connectivity index (χ2n) is 7.15. The minimum Gasteiger partial charge on any atom is -0.345 e. The molecule has 0 saturated carbocycles. The van der Waals surface area contributed by atoms with E-state index >= 15 is 0 Å². The first-order chi connectivity index (χ1) is 14.5. The fourth-order valence-corrected chi connectivity index (χ4v) is 5.52. The number of amides is 1. The summed E-state index contributed by atoms with van der Waals surface area (Å²) >= 11 is 19.5. The van der Waals surface area contributed by atoms with Gasteiger partial charge in [0.05, 0.1) is 5.02 Å². The van der Waals surface area contributed by atoms with Crippen LogP contribution in [0.2, 0.25) is 10.0 Å². The summed E-state index contributed by atoms with van der Waals surface area (Å²) in [5.74, 6) is -0.0361. The highest BCUT2D eigenvalue weighted by Gasteiger charge is 2.27. The predicted molar refractivity (Wildman–Crippen MR) is 131 cm³/mol. The number of thiophene rings is 1. The van der Waals surface area contributed by atoms with Crippen LogP contribution < -0.4 is 5.32 Å². The second-order valence-corrected chi connectivity index (χ2v) is 9.40. The lowest BCUT2D eigenvalue weighted by Gasteiger charge is -2.36. The van der Waals surface area contributed by atoms with Crippen molar-refractivity contribution in [1.29, 1.82) is 0 Å². The quantitative estimate of drug-likeness (QED) is 0.474. The summed E-state index contributed by atoms with van der Waals surface area (Å²) in [5, 5.41) is 5.99. The lowest BCUT2D eigenvalue weighted by atomic mass is 10.1. The Morgan fingerprint density at radius 2 is 1.73 bits per heavy atom.